The maximum atomic E-state index is 11.9. The van der Waals surface area contributed by atoms with Crippen LogP contribution in [-0.4, -0.2) is 17.0 Å². The Morgan fingerprint density at radius 1 is 1.21 bits per heavy atom. The number of carboxylic acids is 1. The number of nitrogens with one attached hydrogen (secondary N) is 1. The average molecular weight is 263 g/mol. The summed E-state index contributed by atoms with van der Waals surface area (Å²) in [5.41, 5.74) is 1.15. The fraction of sp³-hybridized carbons (Fsp3) is 0.467. The largest absolute Gasteiger partial charge is 0.478 e. The van der Waals surface area contributed by atoms with Crippen LogP contribution in [0.4, 0.5) is 0 Å². The number of benzene rings is 1. The molecule has 0 aromatic heterocycles. The number of carbonyl (C=O) groups excluding carboxylic acids is 1. The lowest BCUT2D eigenvalue weighted by Gasteiger charge is -2.17. The minimum Gasteiger partial charge on any atom is -0.478 e. The van der Waals surface area contributed by atoms with Crippen molar-refractivity contribution in [3.8, 4) is 0 Å². The van der Waals surface area contributed by atoms with Gasteiger partial charge in [-0.25, -0.2) is 4.79 Å². The zero-order valence-electron chi connectivity index (χ0n) is 11.6. The summed E-state index contributed by atoms with van der Waals surface area (Å²) < 4.78 is 0. The molecule has 0 saturated carbocycles. The van der Waals surface area contributed by atoms with Crippen LogP contribution in [0, 0.1) is 11.8 Å². The Bertz CT molecular complexity index is 439. The summed E-state index contributed by atoms with van der Waals surface area (Å²) in [7, 11) is 0. The van der Waals surface area contributed by atoms with Gasteiger partial charge in [-0.2, -0.15) is 0 Å². The third kappa shape index (κ3) is 4.39. The van der Waals surface area contributed by atoms with Crippen molar-refractivity contribution in [1.82, 2.24) is 5.32 Å². The summed E-state index contributed by atoms with van der Waals surface area (Å²) in [6.45, 7) is 6.49. The van der Waals surface area contributed by atoms with Crippen LogP contribution in [0.5, 0.6) is 0 Å². The molecule has 0 saturated heterocycles. The van der Waals surface area contributed by atoms with E-state index in [4.69, 9.17) is 5.11 Å². The molecule has 19 heavy (non-hydrogen) atoms. The second kappa shape index (κ2) is 6.92. The molecular formula is C15H21NO3. The second-order valence-electron chi connectivity index (χ2n) is 4.89. The Hall–Kier alpha value is -1.84. The normalized spacial score (nSPS) is 13.6. The van der Waals surface area contributed by atoms with E-state index in [2.05, 4.69) is 19.2 Å². The molecule has 0 fully saturated rings. The highest BCUT2D eigenvalue weighted by atomic mass is 16.4. The van der Waals surface area contributed by atoms with Crippen LogP contribution in [-0.2, 0) is 11.3 Å². The number of hydrogen-bond acceptors (Lipinski definition) is 2. The molecule has 0 heterocycles. The highest BCUT2D eigenvalue weighted by Gasteiger charge is 2.18. The second-order valence-corrected chi connectivity index (χ2v) is 4.89. The van der Waals surface area contributed by atoms with E-state index in [0.717, 1.165) is 12.0 Å². The molecule has 2 atom stereocenters. The summed E-state index contributed by atoms with van der Waals surface area (Å²) in [6, 6.07) is 6.53. The van der Waals surface area contributed by atoms with E-state index in [-0.39, 0.29) is 17.4 Å². The number of amides is 1. The van der Waals surface area contributed by atoms with Crippen molar-refractivity contribution in [2.45, 2.75) is 33.7 Å². The van der Waals surface area contributed by atoms with Gasteiger partial charge in [-0.15, -0.1) is 0 Å². The van der Waals surface area contributed by atoms with Crippen molar-refractivity contribution in [2.24, 2.45) is 11.8 Å². The molecule has 0 aliphatic carbocycles. The van der Waals surface area contributed by atoms with Gasteiger partial charge in [0.1, 0.15) is 0 Å². The number of carbonyl (C=O) groups is 2. The van der Waals surface area contributed by atoms with Crippen LogP contribution in [0.3, 0.4) is 0 Å². The summed E-state index contributed by atoms with van der Waals surface area (Å²) >= 11 is 0. The first kappa shape index (κ1) is 15.2. The van der Waals surface area contributed by atoms with Gasteiger partial charge in [-0.3, -0.25) is 4.79 Å². The third-order valence-corrected chi connectivity index (χ3v) is 3.58. The van der Waals surface area contributed by atoms with E-state index in [1.165, 1.54) is 0 Å². The fourth-order valence-electron chi connectivity index (χ4n) is 1.73. The van der Waals surface area contributed by atoms with Gasteiger partial charge in [0.2, 0.25) is 5.91 Å². The van der Waals surface area contributed by atoms with Crippen molar-refractivity contribution in [3.05, 3.63) is 35.4 Å². The first-order chi connectivity index (χ1) is 8.95. The zero-order valence-corrected chi connectivity index (χ0v) is 11.6. The van der Waals surface area contributed by atoms with Gasteiger partial charge in [0.05, 0.1) is 5.56 Å². The molecule has 0 aliphatic rings. The predicted octanol–water partition coefficient (Wildman–Crippen LogP) is 2.68. The molecule has 104 valence electrons. The van der Waals surface area contributed by atoms with Crippen molar-refractivity contribution >= 4 is 11.9 Å². The molecule has 1 amide bonds. The van der Waals surface area contributed by atoms with Gasteiger partial charge in [-0.1, -0.05) is 39.3 Å². The highest BCUT2D eigenvalue weighted by molar-refractivity contribution is 5.87. The minimum absolute atomic E-state index is 0.0108. The molecule has 1 aromatic rings. The lowest BCUT2D eigenvalue weighted by Crippen LogP contribution is -2.31. The quantitative estimate of drug-likeness (QED) is 0.829. The number of aromatic carboxylic acids is 1. The van der Waals surface area contributed by atoms with Crippen LogP contribution >= 0.6 is 0 Å². The Morgan fingerprint density at radius 3 is 2.26 bits per heavy atom. The molecule has 0 spiro atoms. The van der Waals surface area contributed by atoms with Crippen molar-refractivity contribution in [2.75, 3.05) is 0 Å². The molecular weight excluding hydrogens is 242 g/mol. The molecule has 2 N–H and O–H groups in total. The molecule has 0 bridgehead atoms. The number of carboxylic acid groups (broad SMARTS) is 1. The molecule has 4 nitrogen and oxygen atoms in total. The van der Waals surface area contributed by atoms with Crippen LogP contribution in [0.15, 0.2) is 24.3 Å². The van der Waals surface area contributed by atoms with E-state index in [0.29, 0.717) is 12.5 Å². The topological polar surface area (TPSA) is 66.4 Å². The Labute approximate surface area is 113 Å². The monoisotopic (exact) mass is 263 g/mol. The Kier molecular flexibility index (Phi) is 5.55. The summed E-state index contributed by atoms with van der Waals surface area (Å²) in [5.74, 6) is -0.560. The van der Waals surface area contributed by atoms with Gasteiger partial charge in [-0.05, 0) is 23.6 Å². The van der Waals surface area contributed by atoms with E-state index >= 15 is 0 Å². The minimum atomic E-state index is -0.944. The van der Waals surface area contributed by atoms with Crippen LogP contribution in [0.1, 0.15) is 43.1 Å². The first-order valence-electron chi connectivity index (χ1n) is 6.55. The third-order valence-electron chi connectivity index (χ3n) is 3.58. The van der Waals surface area contributed by atoms with E-state index < -0.39 is 5.97 Å². The van der Waals surface area contributed by atoms with Gasteiger partial charge in [0, 0.05) is 12.5 Å². The van der Waals surface area contributed by atoms with Crippen molar-refractivity contribution in [1.29, 1.82) is 0 Å². The molecule has 1 aromatic carbocycles. The zero-order chi connectivity index (χ0) is 14.4. The Balaban J connectivity index is 2.52. The van der Waals surface area contributed by atoms with Crippen LogP contribution in [0.2, 0.25) is 0 Å². The van der Waals surface area contributed by atoms with Gasteiger partial charge in [0.15, 0.2) is 0 Å². The molecule has 1 rings (SSSR count). The Morgan fingerprint density at radius 2 is 1.79 bits per heavy atom. The number of rotatable bonds is 6. The number of hydrogen-bond donors (Lipinski definition) is 2. The highest BCUT2D eigenvalue weighted by Crippen LogP contribution is 2.14. The SMILES string of the molecule is CCC(C)C(C)C(=O)NCc1ccc(C(=O)O)cc1. The fourth-order valence-corrected chi connectivity index (χ4v) is 1.73. The smallest absolute Gasteiger partial charge is 0.335 e. The van der Waals surface area contributed by atoms with E-state index in [1.54, 1.807) is 24.3 Å². The molecule has 0 aliphatic heterocycles. The van der Waals surface area contributed by atoms with E-state index in [9.17, 15) is 9.59 Å². The molecule has 4 heteroatoms. The predicted molar refractivity (Wildman–Crippen MR) is 73.9 cm³/mol. The lowest BCUT2D eigenvalue weighted by atomic mass is 9.93. The summed E-state index contributed by atoms with van der Waals surface area (Å²) in [4.78, 5) is 22.6. The van der Waals surface area contributed by atoms with Crippen molar-refractivity contribution < 1.29 is 14.7 Å². The van der Waals surface area contributed by atoms with Crippen molar-refractivity contribution in [3.63, 3.8) is 0 Å². The molecule has 2 unspecified atom stereocenters. The standard InChI is InChI=1S/C15H21NO3/c1-4-10(2)11(3)14(17)16-9-12-5-7-13(8-6-12)15(18)19/h5-8,10-11H,4,9H2,1-3H3,(H,16,17)(H,18,19). The van der Waals surface area contributed by atoms with Gasteiger partial charge < -0.3 is 10.4 Å². The first-order valence-corrected chi connectivity index (χ1v) is 6.55. The summed E-state index contributed by atoms with van der Waals surface area (Å²) in [6.07, 6.45) is 0.974. The molecule has 0 radical (unpaired) electrons. The maximum Gasteiger partial charge on any atom is 0.335 e. The van der Waals surface area contributed by atoms with Crippen LogP contribution in [0.25, 0.3) is 0 Å². The maximum absolute atomic E-state index is 11.9. The summed E-state index contributed by atoms with van der Waals surface area (Å²) in [5, 5.41) is 11.7. The van der Waals surface area contributed by atoms with Gasteiger partial charge in [0.25, 0.3) is 0 Å². The van der Waals surface area contributed by atoms with Gasteiger partial charge >= 0.3 is 5.97 Å². The lowest BCUT2D eigenvalue weighted by molar-refractivity contribution is -0.126. The average Bonchev–Trinajstić information content (AvgIpc) is 2.43. The van der Waals surface area contributed by atoms with Crippen LogP contribution < -0.4 is 5.32 Å². The van der Waals surface area contributed by atoms with E-state index in [1.807, 2.05) is 6.92 Å².